The summed E-state index contributed by atoms with van der Waals surface area (Å²) >= 11 is 0. The summed E-state index contributed by atoms with van der Waals surface area (Å²) in [5.41, 5.74) is 6.32. The van der Waals surface area contributed by atoms with E-state index in [2.05, 4.69) is 0 Å². The highest BCUT2D eigenvalue weighted by Gasteiger charge is 2.11. The molecule has 2 N–H and O–H groups in total. The van der Waals surface area contributed by atoms with Gasteiger partial charge in [0, 0.05) is 12.1 Å². The molecule has 0 atom stereocenters. The first-order valence-corrected chi connectivity index (χ1v) is 5.44. The summed E-state index contributed by atoms with van der Waals surface area (Å²) in [6.07, 6.45) is 0. The summed E-state index contributed by atoms with van der Waals surface area (Å²) in [5.74, 6) is -1.45. The molecule has 2 aromatic rings. The summed E-state index contributed by atoms with van der Waals surface area (Å²) in [4.78, 5) is 0. The van der Waals surface area contributed by atoms with Crippen LogP contribution in [-0.2, 0) is 0 Å². The minimum absolute atomic E-state index is 0.115. The molecule has 3 nitrogen and oxygen atoms in total. The van der Waals surface area contributed by atoms with Gasteiger partial charge in [-0.1, -0.05) is 6.07 Å². The predicted molar refractivity (Wildman–Crippen MR) is 66.7 cm³/mol. The zero-order valence-corrected chi connectivity index (χ0v) is 10.1. The number of nitriles is 1. The van der Waals surface area contributed by atoms with E-state index in [0.717, 1.165) is 11.6 Å². The van der Waals surface area contributed by atoms with Gasteiger partial charge in [0.25, 0.3) is 0 Å². The van der Waals surface area contributed by atoms with Gasteiger partial charge in [0.15, 0.2) is 11.6 Å². The van der Waals surface area contributed by atoms with Crippen molar-refractivity contribution in [2.45, 2.75) is 6.92 Å². The zero-order valence-electron chi connectivity index (χ0n) is 10.1. The normalized spacial score (nSPS) is 10.0. The lowest BCUT2D eigenvalue weighted by atomic mass is 10.1. The standard InChI is InChI=1S/C14H10F2N2O/c1-8-2-3-9(7-17)4-12(8)19-13-6-10(15)5-11(16)14(13)18/h2-6H,18H2,1H3. The number of hydrogen-bond acceptors (Lipinski definition) is 3. The molecule has 0 aliphatic rings. The van der Waals surface area contributed by atoms with Crippen molar-refractivity contribution >= 4 is 5.69 Å². The number of halogens is 2. The van der Waals surface area contributed by atoms with E-state index in [-0.39, 0.29) is 11.4 Å². The number of nitrogens with two attached hydrogens (primary N) is 1. The topological polar surface area (TPSA) is 59.0 Å². The number of nitrogens with zero attached hydrogens (tertiary/aromatic N) is 1. The van der Waals surface area contributed by atoms with Crippen molar-refractivity contribution in [3.05, 3.63) is 53.1 Å². The van der Waals surface area contributed by atoms with Gasteiger partial charge in [0.05, 0.1) is 11.6 Å². The fraction of sp³-hybridized carbons (Fsp3) is 0.0714. The molecule has 5 heteroatoms. The van der Waals surface area contributed by atoms with E-state index in [4.69, 9.17) is 15.7 Å². The van der Waals surface area contributed by atoms with E-state index in [1.165, 1.54) is 6.07 Å². The van der Waals surface area contributed by atoms with E-state index < -0.39 is 11.6 Å². The second-order valence-corrected chi connectivity index (χ2v) is 3.99. The Bertz CT molecular complexity index is 678. The molecule has 0 heterocycles. The van der Waals surface area contributed by atoms with Crippen molar-refractivity contribution in [1.29, 1.82) is 5.26 Å². The molecule has 0 aliphatic carbocycles. The Morgan fingerprint density at radius 1 is 1.16 bits per heavy atom. The van der Waals surface area contributed by atoms with Crippen LogP contribution in [0.2, 0.25) is 0 Å². The van der Waals surface area contributed by atoms with Crippen molar-refractivity contribution in [1.82, 2.24) is 0 Å². The largest absolute Gasteiger partial charge is 0.455 e. The number of hydrogen-bond donors (Lipinski definition) is 1. The van der Waals surface area contributed by atoms with Gasteiger partial charge in [-0.3, -0.25) is 0 Å². The smallest absolute Gasteiger partial charge is 0.156 e. The van der Waals surface area contributed by atoms with E-state index >= 15 is 0 Å². The Hall–Kier alpha value is -2.61. The second kappa shape index (κ2) is 4.94. The number of rotatable bonds is 2. The summed E-state index contributed by atoms with van der Waals surface area (Å²) in [5, 5.41) is 8.81. The van der Waals surface area contributed by atoms with Crippen LogP contribution in [-0.4, -0.2) is 0 Å². The van der Waals surface area contributed by atoms with Crippen LogP contribution in [0.1, 0.15) is 11.1 Å². The van der Waals surface area contributed by atoms with Crippen LogP contribution >= 0.6 is 0 Å². The maximum atomic E-state index is 13.3. The third-order valence-corrected chi connectivity index (χ3v) is 2.59. The van der Waals surface area contributed by atoms with Crippen LogP contribution in [0.25, 0.3) is 0 Å². The molecule has 2 aromatic carbocycles. The van der Waals surface area contributed by atoms with Gasteiger partial charge in [-0.05, 0) is 24.6 Å². The molecular weight excluding hydrogens is 250 g/mol. The maximum absolute atomic E-state index is 13.3. The average molecular weight is 260 g/mol. The molecule has 0 fully saturated rings. The number of benzene rings is 2. The Morgan fingerprint density at radius 2 is 1.89 bits per heavy atom. The Morgan fingerprint density at radius 3 is 2.58 bits per heavy atom. The molecule has 0 unspecified atom stereocenters. The SMILES string of the molecule is Cc1ccc(C#N)cc1Oc1cc(F)cc(F)c1N. The lowest BCUT2D eigenvalue weighted by Crippen LogP contribution is -1.98. The van der Waals surface area contributed by atoms with Crippen molar-refractivity contribution in [2.75, 3.05) is 5.73 Å². The molecule has 0 bridgehead atoms. The Kier molecular flexibility index (Phi) is 3.34. The average Bonchev–Trinajstić information content (AvgIpc) is 2.38. The van der Waals surface area contributed by atoms with E-state index in [9.17, 15) is 8.78 Å². The summed E-state index contributed by atoms with van der Waals surface area (Å²) in [6, 6.07) is 8.42. The lowest BCUT2D eigenvalue weighted by molar-refractivity contribution is 0.468. The molecule has 19 heavy (non-hydrogen) atoms. The molecule has 0 aliphatic heterocycles. The van der Waals surface area contributed by atoms with Crippen LogP contribution in [0.5, 0.6) is 11.5 Å². The molecule has 0 amide bonds. The van der Waals surface area contributed by atoms with Gasteiger partial charge in [-0.25, -0.2) is 8.78 Å². The van der Waals surface area contributed by atoms with Gasteiger partial charge in [-0.2, -0.15) is 5.26 Å². The Labute approximate surface area is 108 Å². The number of anilines is 1. The van der Waals surface area contributed by atoms with Gasteiger partial charge in [0.1, 0.15) is 17.3 Å². The van der Waals surface area contributed by atoms with E-state index in [1.54, 1.807) is 19.1 Å². The van der Waals surface area contributed by atoms with Gasteiger partial charge in [0.2, 0.25) is 0 Å². The molecule has 0 saturated heterocycles. The highest BCUT2D eigenvalue weighted by Crippen LogP contribution is 2.32. The molecular formula is C14H10F2N2O. The molecule has 0 spiro atoms. The fourth-order valence-electron chi connectivity index (χ4n) is 1.54. The number of ether oxygens (including phenoxy) is 1. The van der Waals surface area contributed by atoms with Crippen molar-refractivity contribution < 1.29 is 13.5 Å². The molecule has 0 aromatic heterocycles. The molecule has 2 rings (SSSR count). The van der Waals surface area contributed by atoms with Crippen LogP contribution < -0.4 is 10.5 Å². The number of nitrogen functional groups attached to an aromatic ring is 1. The van der Waals surface area contributed by atoms with E-state index in [1.807, 2.05) is 6.07 Å². The van der Waals surface area contributed by atoms with Gasteiger partial charge >= 0.3 is 0 Å². The van der Waals surface area contributed by atoms with Gasteiger partial charge < -0.3 is 10.5 Å². The predicted octanol–water partition coefficient (Wildman–Crippen LogP) is 3.52. The van der Waals surface area contributed by atoms with Crippen molar-refractivity contribution in [3.63, 3.8) is 0 Å². The van der Waals surface area contributed by atoms with Crippen molar-refractivity contribution in [3.8, 4) is 17.6 Å². The molecule has 96 valence electrons. The fourth-order valence-corrected chi connectivity index (χ4v) is 1.54. The number of aryl methyl sites for hydroxylation is 1. The first-order chi connectivity index (χ1) is 9.01. The lowest BCUT2D eigenvalue weighted by Gasteiger charge is -2.11. The summed E-state index contributed by atoms with van der Waals surface area (Å²) in [7, 11) is 0. The first-order valence-electron chi connectivity index (χ1n) is 5.44. The summed E-state index contributed by atoms with van der Waals surface area (Å²) in [6.45, 7) is 1.75. The van der Waals surface area contributed by atoms with Gasteiger partial charge in [-0.15, -0.1) is 0 Å². The molecule has 0 radical (unpaired) electrons. The van der Waals surface area contributed by atoms with Crippen LogP contribution in [0.15, 0.2) is 30.3 Å². The second-order valence-electron chi connectivity index (χ2n) is 3.99. The highest BCUT2D eigenvalue weighted by molar-refractivity contribution is 5.56. The van der Waals surface area contributed by atoms with Crippen LogP contribution in [0, 0.1) is 29.9 Å². The van der Waals surface area contributed by atoms with Crippen molar-refractivity contribution in [2.24, 2.45) is 0 Å². The highest BCUT2D eigenvalue weighted by atomic mass is 19.1. The quantitative estimate of drug-likeness (QED) is 0.840. The minimum Gasteiger partial charge on any atom is -0.455 e. The summed E-state index contributed by atoms with van der Waals surface area (Å²) < 4.78 is 31.8. The maximum Gasteiger partial charge on any atom is 0.156 e. The molecule has 0 saturated carbocycles. The third kappa shape index (κ3) is 2.63. The zero-order chi connectivity index (χ0) is 14.0. The van der Waals surface area contributed by atoms with Crippen LogP contribution in [0.4, 0.5) is 14.5 Å². The Balaban J connectivity index is 2.44. The van der Waals surface area contributed by atoms with Crippen LogP contribution in [0.3, 0.4) is 0 Å². The third-order valence-electron chi connectivity index (χ3n) is 2.59. The first kappa shape index (κ1) is 12.8. The minimum atomic E-state index is -0.885. The van der Waals surface area contributed by atoms with E-state index in [0.29, 0.717) is 17.4 Å². The monoisotopic (exact) mass is 260 g/mol.